The molecule has 18 heavy (non-hydrogen) atoms. The summed E-state index contributed by atoms with van der Waals surface area (Å²) in [5, 5.41) is 0. The maximum absolute atomic E-state index is 14.0. The molecule has 0 aliphatic carbocycles. The SMILES string of the molecule is Cc1ccc(CN(C)c2nccc(CCl)c2F)o1. The molecular weight excluding hydrogens is 255 g/mol. The van der Waals surface area contributed by atoms with Crippen LogP contribution in [-0.2, 0) is 12.4 Å². The number of alkyl halides is 1. The van der Waals surface area contributed by atoms with Crippen molar-refractivity contribution in [2.24, 2.45) is 0 Å². The first-order valence-corrected chi connectivity index (χ1v) is 6.11. The number of hydrogen-bond acceptors (Lipinski definition) is 3. The summed E-state index contributed by atoms with van der Waals surface area (Å²) in [5.41, 5.74) is 0.448. The van der Waals surface area contributed by atoms with Crippen LogP contribution in [0.2, 0.25) is 0 Å². The Hall–Kier alpha value is -1.55. The zero-order valence-electron chi connectivity index (χ0n) is 10.3. The predicted octanol–water partition coefficient (Wildman–Crippen LogP) is 3.50. The summed E-state index contributed by atoms with van der Waals surface area (Å²) in [5.74, 6) is 1.64. The molecular formula is C13H14ClFN2O. The Morgan fingerprint density at radius 1 is 1.39 bits per heavy atom. The number of nitrogens with zero attached hydrogens (tertiary/aromatic N) is 2. The molecule has 2 aromatic heterocycles. The highest BCUT2D eigenvalue weighted by atomic mass is 35.5. The van der Waals surface area contributed by atoms with Crippen molar-refractivity contribution in [2.75, 3.05) is 11.9 Å². The van der Waals surface area contributed by atoms with E-state index < -0.39 is 0 Å². The van der Waals surface area contributed by atoms with E-state index in [1.165, 1.54) is 0 Å². The highest BCUT2D eigenvalue weighted by Gasteiger charge is 2.14. The highest BCUT2D eigenvalue weighted by molar-refractivity contribution is 6.17. The highest BCUT2D eigenvalue weighted by Crippen LogP contribution is 2.21. The van der Waals surface area contributed by atoms with Gasteiger partial charge in [0.05, 0.1) is 12.4 Å². The van der Waals surface area contributed by atoms with Crippen LogP contribution >= 0.6 is 11.6 Å². The van der Waals surface area contributed by atoms with Crippen LogP contribution < -0.4 is 4.90 Å². The lowest BCUT2D eigenvalue weighted by atomic mass is 10.2. The standard InChI is InChI=1S/C13H14ClFN2O/c1-9-3-4-11(18-9)8-17(2)13-12(15)10(7-14)5-6-16-13/h3-6H,7-8H2,1-2H3. The molecule has 0 aromatic carbocycles. The van der Waals surface area contributed by atoms with Crippen molar-refractivity contribution in [3.05, 3.63) is 47.3 Å². The molecule has 0 spiro atoms. The molecule has 2 aromatic rings. The van der Waals surface area contributed by atoms with Crippen LogP contribution in [0.25, 0.3) is 0 Å². The number of hydrogen-bond donors (Lipinski definition) is 0. The largest absolute Gasteiger partial charge is 0.464 e. The third kappa shape index (κ3) is 2.64. The molecule has 96 valence electrons. The van der Waals surface area contributed by atoms with Crippen molar-refractivity contribution >= 4 is 17.4 Å². The summed E-state index contributed by atoms with van der Waals surface area (Å²) < 4.78 is 19.5. The second-order valence-electron chi connectivity index (χ2n) is 4.11. The molecule has 5 heteroatoms. The van der Waals surface area contributed by atoms with Gasteiger partial charge >= 0.3 is 0 Å². The Morgan fingerprint density at radius 2 is 2.17 bits per heavy atom. The Bertz CT molecular complexity index is 542. The Morgan fingerprint density at radius 3 is 2.78 bits per heavy atom. The molecule has 3 nitrogen and oxygen atoms in total. The van der Waals surface area contributed by atoms with E-state index >= 15 is 0 Å². The summed E-state index contributed by atoms with van der Waals surface area (Å²) in [6.45, 7) is 2.33. The number of aromatic nitrogens is 1. The Balaban J connectivity index is 2.21. The molecule has 2 heterocycles. The maximum atomic E-state index is 14.0. The van der Waals surface area contributed by atoms with E-state index in [9.17, 15) is 4.39 Å². The van der Waals surface area contributed by atoms with Gasteiger partial charge in [-0.15, -0.1) is 11.6 Å². The quantitative estimate of drug-likeness (QED) is 0.795. The Labute approximate surface area is 110 Å². The number of rotatable bonds is 4. The molecule has 0 atom stereocenters. The normalized spacial score (nSPS) is 10.7. The van der Waals surface area contributed by atoms with Crippen molar-refractivity contribution in [3.63, 3.8) is 0 Å². The fourth-order valence-corrected chi connectivity index (χ4v) is 1.93. The van der Waals surface area contributed by atoms with Crippen LogP contribution in [0.15, 0.2) is 28.8 Å². The van der Waals surface area contributed by atoms with Gasteiger partial charge in [0, 0.05) is 18.8 Å². The van der Waals surface area contributed by atoms with Gasteiger partial charge in [0.25, 0.3) is 0 Å². The van der Waals surface area contributed by atoms with Gasteiger partial charge in [-0.05, 0) is 25.1 Å². The molecule has 0 amide bonds. The van der Waals surface area contributed by atoms with Crippen LogP contribution in [0.3, 0.4) is 0 Å². The first-order valence-electron chi connectivity index (χ1n) is 5.57. The van der Waals surface area contributed by atoms with E-state index in [2.05, 4.69) is 4.98 Å². The average Bonchev–Trinajstić information content (AvgIpc) is 2.75. The summed E-state index contributed by atoms with van der Waals surface area (Å²) in [4.78, 5) is 5.74. The number of anilines is 1. The number of aryl methyl sites for hydroxylation is 1. The molecule has 0 saturated carbocycles. The van der Waals surface area contributed by atoms with E-state index in [-0.39, 0.29) is 17.5 Å². The van der Waals surface area contributed by atoms with Gasteiger partial charge in [-0.3, -0.25) is 0 Å². The number of pyridine rings is 1. The van der Waals surface area contributed by atoms with Crippen molar-refractivity contribution in [2.45, 2.75) is 19.3 Å². The molecule has 0 saturated heterocycles. The van der Waals surface area contributed by atoms with Crippen LogP contribution in [0.5, 0.6) is 0 Å². The molecule has 0 unspecified atom stereocenters. The lowest BCUT2D eigenvalue weighted by Gasteiger charge is -2.18. The van der Waals surface area contributed by atoms with E-state index in [4.69, 9.17) is 16.0 Å². The zero-order valence-corrected chi connectivity index (χ0v) is 11.0. The molecule has 2 rings (SSSR count). The number of furan rings is 1. The molecule has 0 radical (unpaired) electrons. The predicted molar refractivity (Wildman–Crippen MR) is 69.3 cm³/mol. The minimum absolute atomic E-state index is 0.134. The lowest BCUT2D eigenvalue weighted by molar-refractivity contribution is 0.479. The van der Waals surface area contributed by atoms with E-state index in [0.29, 0.717) is 12.1 Å². The second-order valence-corrected chi connectivity index (χ2v) is 4.38. The van der Waals surface area contributed by atoms with Gasteiger partial charge < -0.3 is 9.32 Å². The van der Waals surface area contributed by atoms with Gasteiger partial charge in [-0.1, -0.05) is 0 Å². The van der Waals surface area contributed by atoms with Gasteiger partial charge in [-0.2, -0.15) is 0 Å². The number of halogens is 2. The summed E-state index contributed by atoms with van der Waals surface area (Å²) in [6, 6.07) is 5.33. The summed E-state index contributed by atoms with van der Waals surface area (Å²) in [7, 11) is 1.77. The van der Waals surface area contributed by atoms with Crippen LogP contribution in [0, 0.1) is 12.7 Å². The minimum Gasteiger partial charge on any atom is -0.464 e. The smallest absolute Gasteiger partial charge is 0.170 e. The fourth-order valence-electron chi connectivity index (χ4n) is 1.72. The van der Waals surface area contributed by atoms with Crippen molar-refractivity contribution in [3.8, 4) is 0 Å². The molecule has 0 bridgehead atoms. The van der Waals surface area contributed by atoms with Crippen molar-refractivity contribution < 1.29 is 8.81 Å². The van der Waals surface area contributed by atoms with Gasteiger partial charge in [0.2, 0.25) is 0 Å². The van der Waals surface area contributed by atoms with E-state index in [0.717, 1.165) is 11.5 Å². The van der Waals surface area contributed by atoms with Crippen LogP contribution in [-0.4, -0.2) is 12.0 Å². The van der Waals surface area contributed by atoms with Crippen LogP contribution in [0.1, 0.15) is 17.1 Å². The Kier molecular flexibility index (Phi) is 3.87. The lowest BCUT2D eigenvalue weighted by Crippen LogP contribution is -2.19. The van der Waals surface area contributed by atoms with Crippen LogP contribution in [0.4, 0.5) is 10.2 Å². The topological polar surface area (TPSA) is 29.3 Å². The van der Waals surface area contributed by atoms with Gasteiger partial charge in [0.15, 0.2) is 11.6 Å². The first-order chi connectivity index (χ1) is 8.61. The van der Waals surface area contributed by atoms with Crippen molar-refractivity contribution in [1.82, 2.24) is 4.98 Å². The zero-order chi connectivity index (χ0) is 13.1. The van der Waals surface area contributed by atoms with Gasteiger partial charge in [-0.25, -0.2) is 9.37 Å². The van der Waals surface area contributed by atoms with Gasteiger partial charge in [0.1, 0.15) is 11.5 Å². The summed E-state index contributed by atoms with van der Waals surface area (Å²) in [6.07, 6.45) is 1.56. The van der Waals surface area contributed by atoms with E-state index in [1.54, 1.807) is 24.2 Å². The first kappa shape index (κ1) is 12.9. The fraction of sp³-hybridized carbons (Fsp3) is 0.308. The maximum Gasteiger partial charge on any atom is 0.170 e. The summed E-state index contributed by atoms with van der Waals surface area (Å²) >= 11 is 5.67. The molecule has 0 aliphatic heterocycles. The van der Waals surface area contributed by atoms with E-state index in [1.807, 2.05) is 19.1 Å². The second kappa shape index (κ2) is 5.40. The molecule has 0 N–H and O–H groups in total. The third-order valence-corrected chi connectivity index (χ3v) is 2.93. The molecule has 0 aliphatic rings. The molecule has 0 fully saturated rings. The third-order valence-electron chi connectivity index (χ3n) is 2.65. The average molecular weight is 269 g/mol. The monoisotopic (exact) mass is 268 g/mol. The minimum atomic E-state index is -0.377. The van der Waals surface area contributed by atoms with Crippen molar-refractivity contribution in [1.29, 1.82) is 0 Å².